The van der Waals surface area contributed by atoms with E-state index in [0.717, 1.165) is 30.7 Å². The molecule has 1 heterocycles. The molecule has 0 saturated heterocycles. The summed E-state index contributed by atoms with van der Waals surface area (Å²) in [5, 5.41) is 10.8. The Hall–Kier alpha value is -1.71. The zero-order valence-electron chi connectivity index (χ0n) is 10.1. The first kappa shape index (κ1) is 11.8. The van der Waals surface area contributed by atoms with E-state index >= 15 is 0 Å². The molecular weight excluding hydrogens is 216 g/mol. The highest BCUT2D eigenvalue weighted by molar-refractivity contribution is 6.03. The van der Waals surface area contributed by atoms with Crippen molar-refractivity contribution in [1.82, 2.24) is 0 Å². The summed E-state index contributed by atoms with van der Waals surface area (Å²) in [6.07, 6.45) is 1.77. The molecule has 0 aromatic heterocycles. The van der Waals surface area contributed by atoms with Crippen LogP contribution in [0.25, 0.3) is 0 Å². The van der Waals surface area contributed by atoms with E-state index in [0.29, 0.717) is 5.92 Å². The fourth-order valence-corrected chi connectivity index (χ4v) is 2.12. The number of nitro benzene ring substituents is 1. The molecule has 0 atom stereocenters. The number of nitro groups is 1. The first-order valence-corrected chi connectivity index (χ1v) is 5.89. The van der Waals surface area contributed by atoms with E-state index in [2.05, 4.69) is 18.8 Å². The summed E-state index contributed by atoms with van der Waals surface area (Å²) < 4.78 is 0. The molecule has 0 fully saturated rings. The summed E-state index contributed by atoms with van der Waals surface area (Å²) in [5.74, 6) is 0.513. The zero-order valence-corrected chi connectivity index (χ0v) is 10.1. The lowest BCUT2D eigenvalue weighted by Gasteiger charge is -2.17. The number of fused-ring (bicyclic) bond motifs is 1. The van der Waals surface area contributed by atoms with E-state index in [1.807, 2.05) is 6.07 Å². The van der Waals surface area contributed by atoms with Crippen molar-refractivity contribution >= 4 is 11.4 Å². The lowest BCUT2D eigenvalue weighted by molar-refractivity contribution is -0.384. The molecule has 0 saturated carbocycles. The number of rotatable bonds is 3. The molecule has 90 valence electrons. The van der Waals surface area contributed by atoms with Crippen LogP contribution in [0.5, 0.6) is 0 Å². The average molecular weight is 232 g/mol. The number of hydrogen-bond donors (Lipinski definition) is 0. The Labute approximate surface area is 101 Å². The third kappa shape index (κ3) is 2.52. The molecule has 0 bridgehead atoms. The van der Waals surface area contributed by atoms with E-state index in [-0.39, 0.29) is 10.6 Å². The standard InChI is InChI=1S/C13H16N2O2/c1-9(2)7-13-12-8-11(15(16)17)4-3-10(12)5-6-14-13/h3-4,8-9H,5-7H2,1-2H3. The lowest BCUT2D eigenvalue weighted by atomic mass is 9.92. The van der Waals surface area contributed by atoms with Gasteiger partial charge in [0.1, 0.15) is 0 Å². The van der Waals surface area contributed by atoms with Crippen LogP contribution < -0.4 is 0 Å². The molecule has 0 unspecified atom stereocenters. The predicted octanol–water partition coefficient (Wildman–Crippen LogP) is 2.99. The monoisotopic (exact) mass is 232 g/mol. The SMILES string of the molecule is CC(C)CC1=NCCc2ccc([N+](=O)[O-])cc21. The van der Waals surface area contributed by atoms with Crippen LogP contribution in [0, 0.1) is 16.0 Å². The van der Waals surface area contributed by atoms with Crippen LogP contribution in [0.2, 0.25) is 0 Å². The Morgan fingerprint density at radius 2 is 2.24 bits per heavy atom. The molecule has 0 spiro atoms. The molecule has 0 radical (unpaired) electrons. The van der Waals surface area contributed by atoms with Gasteiger partial charge in [-0.3, -0.25) is 15.1 Å². The van der Waals surface area contributed by atoms with Gasteiger partial charge in [-0.25, -0.2) is 0 Å². The van der Waals surface area contributed by atoms with Gasteiger partial charge in [0.2, 0.25) is 0 Å². The van der Waals surface area contributed by atoms with Crippen molar-refractivity contribution in [3.05, 3.63) is 39.4 Å². The Bertz CT molecular complexity index is 478. The second-order valence-corrected chi connectivity index (χ2v) is 4.77. The Morgan fingerprint density at radius 3 is 2.88 bits per heavy atom. The molecular formula is C13H16N2O2. The third-order valence-corrected chi connectivity index (χ3v) is 2.90. The number of non-ortho nitro benzene ring substituents is 1. The van der Waals surface area contributed by atoms with Crippen LogP contribution in [0.4, 0.5) is 5.69 Å². The van der Waals surface area contributed by atoms with Crippen molar-refractivity contribution in [2.45, 2.75) is 26.7 Å². The summed E-state index contributed by atoms with van der Waals surface area (Å²) >= 11 is 0. The van der Waals surface area contributed by atoms with Crippen LogP contribution in [0.3, 0.4) is 0 Å². The molecule has 1 aliphatic rings. The van der Waals surface area contributed by atoms with Gasteiger partial charge in [-0.05, 0) is 24.3 Å². The van der Waals surface area contributed by atoms with Gasteiger partial charge in [-0.15, -0.1) is 0 Å². The number of benzene rings is 1. The maximum absolute atomic E-state index is 10.8. The third-order valence-electron chi connectivity index (χ3n) is 2.90. The fourth-order valence-electron chi connectivity index (χ4n) is 2.12. The lowest BCUT2D eigenvalue weighted by Crippen LogP contribution is -2.15. The molecule has 1 aliphatic heterocycles. The Kier molecular flexibility index (Phi) is 3.22. The van der Waals surface area contributed by atoms with Gasteiger partial charge in [0.25, 0.3) is 5.69 Å². The van der Waals surface area contributed by atoms with Gasteiger partial charge in [-0.1, -0.05) is 19.9 Å². The van der Waals surface area contributed by atoms with Gasteiger partial charge >= 0.3 is 0 Å². The van der Waals surface area contributed by atoms with Crippen LogP contribution in [-0.2, 0) is 6.42 Å². The fraction of sp³-hybridized carbons (Fsp3) is 0.462. The van der Waals surface area contributed by atoms with E-state index in [9.17, 15) is 10.1 Å². The summed E-state index contributed by atoms with van der Waals surface area (Å²) in [4.78, 5) is 14.9. The van der Waals surface area contributed by atoms with Crippen molar-refractivity contribution in [1.29, 1.82) is 0 Å². The van der Waals surface area contributed by atoms with Crippen molar-refractivity contribution in [3.8, 4) is 0 Å². The maximum Gasteiger partial charge on any atom is 0.270 e. The van der Waals surface area contributed by atoms with Crippen molar-refractivity contribution in [3.63, 3.8) is 0 Å². The van der Waals surface area contributed by atoms with Crippen molar-refractivity contribution in [2.24, 2.45) is 10.9 Å². The van der Waals surface area contributed by atoms with Gasteiger partial charge in [-0.2, -0.15) is 0 Å². The first-order chi connectivity index (χ1) is 8.08. The number of hydrogen-bond acceptors (Lipinski definition) is 3. The second-order valence-electron chi connectivity index (χ2n) is 4.77. The van der Waals surface area contributed by atoms with Gasteiger partial charge in [0, 0.05) is 30.0 Å². The van der Waals surface area contributed by atoms with Crippen LogP contribution in [0.1, 0.15) is 31.4 Å². The zero-order chi connectivity index (χ0) is 12.4. The minimum absolute atomic E-state index is 0.155. The van der Waals surface area contributed by atoms with Crippen LogP contribution in [-0.4, -0.2) is 17.2 Å². The minimum atomic E-state index is -0.345. The summed E-state index contributed by atoms with van der Waals surface area (Å²) in [6, 6.07) is 5.11. The summed E-state index contributed by atoms with van der Waals surface area (Å²) in [6.45, 7) is 5.06. The topological polar surface area (TPSA) is 55.5 Å². The number of aliphatic imine (C=N–C) groups is 1. The van der Waals surface area contributed by atoms with E-state index in [1.165, 1.54) is 5.56 Å². The molecule has 0 amide bonds. The minimum Gasteiger partial charge on any atom is -0.289 e. The highest BCUT2D eigenvalue weighted by Crippen LogP contribution is 2.24. The van der Waals surface area contributed by atoms with E-state index in [1.54, 1.807) is 12.1 Å². The highest BCUT2D eigenvalue weighted by Gasteiger charge is 2.18. The van der Waals surface area contributed by atoms with Crippen LogP contribution >= 0.6 is 0 Å². The average Bonchev–Trinajstić information content (AvgIpc) is 2.28. The quantitative estimate of drug-likeness (QED) is 0.594. The summed E-state index contributed by atoms with van der Waals surface area (Å²) in [7, 11) is 0. The van der Waals surface area contributed by atoms with Crippen LogP contribution in [0.15, 0.2) is 23.2 Å². The molecule has 0 N–H and O–H groups in total. The van der Waals surface area contributed by atoms with E-state index < -0.39 is 0 Å². The Balaban J connectivity index is 2.40. The molecule has 1 aromatic carbocycles. The highest BCUT2D eigenvalue weighted by atomic mass is 16.6. The molecule has 4 heteroatoms. The first-order valence-electron chi connectivity index (χ1n) is 5.89. The second kappa shape index (κ2) is 4.65. The molecule has 1 aromatic rings. The summed E-state index contributed by atoms with van der Waals surface area (Å²) in [5.41, 5.74) is 3.33. The van der Waals surface area contributed by atoms with Gasteiger partial charge in [0.05, 0.1) is 4.92 Å². The molecule has 17 heavy (non-hydrogen) atoms. The predicted molar refractivity (Wildman–Crippen MR) is 67.7 cm³/mol. The maximum atomic E-state index is 10.8. The Morgan fingerprint density at radius 1 is 1.47 bits per heavy atom. The molecule has 0 aliphatic carbocycles. The normalized spacial score (nSPS) is 14.4. The van der Waals surface area contributed by atoms with Gasteiger partial charge < -0.3 is 0 Å². The van der Waals surface area contributed by atoms with Crippen molar-refractivity contribution < 1.29 is 4.92 Å². The molecule has 2 rings (SSSR count). The smallest absolute Gasteiger partial charge is 0.270 e. The van der Waals surface area contributed by atoms with E-state index in [4.69, 9.17) is 0 Å². The largest absolute Gasteiger partial charge is 0.289 e. The number of nitrogens with zero attached hydrogens (tertiary/aromatic N) is 2. The molecule has 4 nitrogen and oxygen atoms in total. The van der Waals surface area contributed by atoms with Crippen molar-refractivity contribution in [2.75, 3.05) is 6.54 Å². The van der Waals surface area contributed by atoms with Gasteiger partial charge in [0.15, 0.2) is 0 Å².